The lowest BCUT2D eigenvalue weighted by molar-refractivity contribution is 0.00899. The van der Waals surface area contributed by atoms with E-state index in [1.807, 2.05) is 13.0 Å². The van der Waals surface area contributed by atoms with E-state index < -0.39 is 0 Å². The summed E-state index contributed by atoms with van der Waals surface area (Å²) in [5.41, 5.74) is 7.85. The summed E-state index contributed by atoms with van der Waals surface area (Å²) < 4.78 is 8.44. The molecule has 0 bridgehead atoms. The number of nitrogens with zero attached hydrogens (tertiary/aromatic N) is 2. The monoisotopic (exact) mass is 325 g/mol. The lowest BCUT2D eigenvalue weighted by Crippen LogP contribution is -2.28. The van der Waals surface area contributed by atoms with Gasteiger partial charge in [-0.15, -0.1) is 0 Å². The summed E-state index contributed by atoms with van der Waals surface area (Å²) in [5.74, 6) is 0. The Morgan fingerprint density at radius 2 is 2.16 bits per heavy atom. The Morgan fingerprint density at radius 3 is 2.74 bits per heavy atom. The molecule has 1 unspecified atom stereocenters. The van der Waals surface area contributed by atoms with Gasteiger partial charge in [-0.2, -0.15) is 0 Å². The van der Waals surface area contributed by atoms with Gasteiger partial charge < -0.3 is 15.0 Å². The van der Waals surface area contributed by atoms with E-state index in [0.717, 1.165) is 27.7 Å². The normalized spacial score (nSPS) is 14.0. The fourth-order valence-electron chi connectivity index (χ4n) is 2.13. The van der Waals surface area contributed by atoms with Crippen LogP contribution in [0.4, 0.5) is 0 Å². The molecule has 2 aromatic heterocycles. The maximum absolute atomic E-state index is 6.04. The number of rotatable bonds is 4. The second kappa shape index (κ2) is 5.23. The van der Waals surface area contributed by atoms with Crippen LogP contribution in [0, 0.1) is 0 Å². The van der Waals surface area contributed by atoms with Crippen molar-refractivity contribution < 1.29 is 4.74 Å². The Balaban J connectivity index is 2.57. The third kappa shape index (κ3) is 2.99. The molecule has 4 nitrogen and oxygen atoms in total. The van der Waals surface area contributed by atoms with Crippen LogP contribution in [-0.4, -0.2) is 22.3 Å². The van der Waals surface area contributed by atoms with Gasteiger partial charge in [0, 0.05) is 24.7 Å². The van der Waals surface area contributed by atoms with Gasteiger partial charge in [0.05, 0.1) is 12.1 Å². The third-order valence-electron chi connectivity index (χ3n) is 3.31. The van der Waals surface area contributed by atoms with Gasteiger partial charge in [-0.1, -0.05) is 0 Å². The van der Waals surface area contributed by atoms with Crippen LogP contribution in [0.2, 0.25) is 0 Å². The minimum absolute atomic E-state index is 0.0163. The second-order valence-corrected chi connectivity index (χ2v) is 6.28. The molecule has 0 spiro atoms. The number of fused-ring (bicyclic) bond motifs is 1. The van der Waals surface area contributed by atoms with Gasteiger partial charge in [-0.3, -0.25) is 0 Å². The van der Waals surface area contributed by atoms with Crippen molar-refractivity contribution in [2.24, 2.45) is 5.73 Å². The van der Waals surface area contributed by atoms with E-state index in [-0.39, 0.29) is 11.6 Å². The molecule has 0 aliphatic rings. The van der Waals surface area contributed by atoms with Gasteiger partial charge in [0.25, 0.3) is 0 Å². The highest BCUT2D eigenvalue weighted by Gasteiger charge is 2.21. The van der Waals surface area contributed by atoms with Crippen LogP contribution >= 0.6 is 15.9 Å². The summed E-state index contributed by atoms with van der Waals surface area (Å²) in [7, 11) is 1.72. The van der Waals surface area contributed by atoms with E-state index in [0.29, 0.717) is 0 Å². The molecule has 2 aromatic rings. The third-order valence-corrected chi connectivity index (χ3v) is 3.76. The Labute approximate surface area is 122 Å². The zero-order chi connectivity index (χ0) is 14.2. The lowest BCUT2D eigenvalue weighted by atomic mass is 10.1. The molecule has 0 fully saturated rings. The molecule has 5 heteroatoms. The number of ether oxygens (including phenoxy) is 1. The van der Waals surface area contributed by atoms with Crippen molar-refractivity contribution in [3.63, 3.8) is 0 Å². The van der Waals surface area contributed by atoms with E-state index in [1.54, 1.807) is 7.11 Å². The summed E-state index contributed by atoms with van der Waals surface area (Å²) in [6.07, 6.45) is 2.08. The van der Waals surface area contributed by atoms with Gasteiger partial charge in [0.15, 0.2) is 0 Å². The van der Waals surface area contributed by atoms with Gasteiger partial charge in [0.2, 0.25) is 0 Å². The first-order chi connectivity index (χ1) is 8.84. The zero-order valence-electron chi connectivity index (χ0n) is 11.8. The number of halogens is 1. The van der Waals surface area contributed by atoms with Crippen molar-refractivity contribution in [2.75, 3.05) is 7.11 Å². The predicted octanol–water partition coefficient (Wildman–Crippen LogP) is 3.24. The molecule has 104 valence electrons. The van der Waals surface area contributed by atoms with Crippen molar-refractivity contribution in [3.05, 3.63) is 28.5 Å². The molecule has 1 atom stereocenters. The Hall–Kier alpha value is -0.910. The van der Waals surface area contributed by atoms with Gasteiger partial charge >= 0.3 is 0 Å². The van der Waals surface area contributed by atoms with Crippen LogP contribution in [0.15, 0.2) is 22.9 Å². The molecule has 0 amide bonds. The van der Waals surface area contributed by atoms with Crippen LogP contribution < -0.4 is 5.73 Å². The maximum Gasteiger partial charge on any atom is 0.141 e. The highest BCUT2D eigenvalue weighted by Crippen LogP contribution is 2.27. The Kier molecular flexibility index (Phi) is 3.99. The van der Waals surface area contributed by atoms with Crippen molar-refractivity contribution in [3.8, 4) is 0 Å². The number of nitrogens with two attached hydrogens (primary N) is 1. The number of hydrogen-bond acceptors (Lipinski definition) is 3. The lowest BCUT2D eigenvalue weighted by Gasteiger charge is -2.23. The minimum Gasteiger partial charge on any atom is -0.377 e. The van der Waals surface area contributed by atoms with E-state index >= 15 is 0 Å². The molecular weight excluding hydrogens is 306 g/mol. The standard InChI is InChI=1S/C14H20BrN3O/c1-9(16)11-7-18(8-14(2,3)19-4)13-10(11)5-6-12(15)17-13/h5-7,9H,8,16H2,1-4H3. The van der Waals surface area contributed by atoms with Crippen molar-refractivity contribution in [1.29, 1.82) is 0 Å². The van der Waals surface area contributed by atoms with Crippen LogP contribution in [0.1, 0.15) is 32.4 Å². The molecule has 2 heterocycles. The Bertz CT molecular complexity index is 590. The fourth-order valence-corrected chi connectivity index (χ4v) is 2.43. The number of hydrogen-bond donors (Lipinski definition) is 1. The maximum atomic E-state index is 6.04. The Morgan fingerprint density at radius 1 is 1.47 bits per heavy atom. The van der Waals surface area contributed by atoms with Crippen molar-refractivity contribution >= 4 is 27.0 Å². The molecule has 2 rings (SSSR count). The van der Waals surface area contributed by atoms with Gasteiger partial charge in [-0.05, 0) is 54.4 Å². The molecule has 0 aliphatic heterocycles. The van der Waals surface area contributed by atoms with Crippen LogP contribution in [0.25, 0.3) is 11.0 Å². The largest absolute Gasteiger partial charge is 0.377 e. The van der Waals surface area contributed by atoms with Gasteiger partial charge in [0.1, 0.15) is 10.3 Å². The second-order valence-electron chi connectivity index (χ2n) is 5.47. The van der Waals surface area contributed by atoms with E-state index in [1.165, 1.54) is 0 Å². The van der Waals surface area contributed by atoms with Gasteiger partial charge in [-0.25, -0.2) is 4.98 Å². The van der Waals surface area contributed by atoms with E-state index in [2.05, 4.69) is 51.6 Å². The molecule has 0 saturated heterocycles. The summed E-state index contributed by atoms with van der Waals surface area (Å²) >= 11 is 3.42. The highest BCUT2D eigenvalue weighted by molar-refractivity contribution is 9.10. The summed E-state index contributed by atoms with van der Waals surface area (Å²) in [4.78, 5) is 4.57. The van der Waals surface area contributed by atoms with Crippen LogP contribution in [0.3, 0.4) is 0 Å². The first-order valence-corrected chi connectivity index (χ1v) is 7.09. The predicted molar refractivity (Wildman–Crippen MR) is 81.1 cm³/mol. The molecule has 2 N–H and O–H groups in total. The quantitative estimate of drug-likeness (QED) is 0.878. The first kappa shape index (κ1) is 14.5. The highest BCUT2D eigenvalue weighted by atomic mass is 79.9. The smallest absolute Gasteiger partial charge is 0.141 e. The minimum atomic E-state index is -0.245. The average molecular weight is 326 g/mol. The topological polar surface area (TPSA) is 53.1 Å². The molecule has 19 heavy (non-hydrogen) atoms. The molecule has 0 saturated carbocycles. The molecule has 0 aromatic carbocycles. The zero-order valence-corrected chi connectivity index (χ0v) is 13.4. The summed E-state index contributed by atoms with van der Waals surface area (Å²) in [6.45, 7) is 6.84. The number of pyridine rings is 1. The number of aromatic nitrogens is 2. The number of methoxy groups -OCH3 is 1. The molecule has 0 aliphatic carbocycles. The molecule has 0 radical (unpaired) electrons. The van der Waals surface area contributed by atoms with Crippen LogP contribution in [-0.2, 0) is 11.3 Å². The van der Waals surface area contributed by atoms with E-state index in [9.17, 15) is 0 Å². The van der Waals surface area contributed by atoms with Crippen molar-refractivity contribution in [1.82, 2.24) is 9.55 Å². The fraction of sp³-hybridized carbons (Fsp3) is 0.500. The first-order valence-electron chi connectivity index (χ1n) is 6.30. The molecular formula is C14H20BrN3O. The summed E-state index contributed by atoms with van der Waals surface area (Å²) in [6, 6.07) is 3.99. The SMILES string of the molecule is COC(C)(C)Cn1cc(C(C)N)c2ccc(Br)nc21. The average Bonchev–Trinajstić information content (AvgIpc) is 2.67. The van der Waals surface area contributed by atoms with Crippen LogP contribution in [0.5, 0.6) is 0 Å². The van der Waals surface area contributed by atoms with Crippen molar-refractivity contribution in [2.45, 2.75) is 39.0 Å². The summed E-state index contributed by atoms with van der Waals surface area (Å²) in [5, 5.41) is 1.10. The van der Waals surface area contributed by atoms with E-state index in [4.69, 9.17) is 10.5 Å².